The zero-order chi connectivity index (χ0) is 19.3. The van der Waals surface area contributed by atoms with Crippen molar-refractivity contribution in [3.8, 4) is 17.0 Å². The van der Waals surface area contributed by atoms with Gasteiger partial charge in [0.2, 0.25) is 0 Å². The molecular weight excluding hydrogens is 377 g/mol. The number of thiazole rings is 1. The lowest BCUT2D eigenvalue weighted by molar-refractivity contribution is 0.0342. The molecule has 0 amide bonds. The van der Waals surface area contributed by atoms with Gasteiger partial charge >= 0.3 is 0 Å². The van der Waals surface area contributed by atoms with Crippen molar-refractivity contribution < 1.29 is 13.9 Å². The molecule has 3 aromatic rings. The molecule has 146 valence electrons. The highest BCUT2D eigenvalue weighted by Gasteiger charge is 2.12. The van der Waals surface area contributed by atoms with Crippen LogP contribution >= 0.6 is 11.3 Å². The van der Waals surface area contributed by atoms with Crippen LogP contribution in [0.15, 0.2) is 47.8 Å². The molecule has 0 spiro atoms. The second-order valence-corrected chi connectivity index (χ2v) is 7.45. The molecule has 0 unspecified atom stereocenters. The third kappa shape index (κ3) is 4.49. The molecule has 4 rings (SSSR count). The molecule has 0 saturated carbocycles. The van der Waals surface area contributed by atoms with Crippen LogP contribution in [0.4, 0.5) is 15.2 Å². The zero-order valence-electron chi connectivity index (χ0n) is 15.7. The number of nitrogens with zero attached hydrogens (tertiary/aromatic N) is 2. The van der Waals surface area contributed by atoms with Gasteiger partial charge in [-0.05, 0) is 17.7 Å². The normalized spacial score (nSPS) is 14.8. The van der Waals surface area contributed by atoms with E-state index in [-0.39, 0.29) is 5.82 Å². The maximum Gasteiger partial charge on any atom is 0.187 e. The lowest BCUT2D eigenvalue weighted by atomic mass is 10.1. The van der Waals surface area contributed by atoms with Gasteiger partial charge < -0.3 is 14.8 Å². The van der Waals surface area contributed by atoms with E-state index in [9.17, 15) is 4.39 Å². The molecule has 1 saturated heterocycles. The maximum absolute atomic E-state index is 13.5. The molecule has 0 aliphatic carbocycles. The fourth-order valence-electron chi connectivity index (χ4n) is 3.16. The predicted molar refractivity (Wildman–Crippen MR) is 110 cm³/mol. The van der Waals surface area contributed by atoms with E-state index in [0.717, 1.165) is 44.1 Å². The van der Waals surface area contributed by atoms with Gasteiger partial charge in [-0.25, -0.2) is 9.37 Å². The van der Waals surface area contributed by atoms with Crippen LogP contribution in [0.1, 0.15) is 5.56 Å². The summed E-state index contributed by atoms with van der Waals surface area (Å²) in [5.74, 6) is 0.251. The minimum absolute atomic E-state index is 0.323. The monoisotopic (exact) mass is 399 g/mol. The van der Waals surface area contributed by atoms with Crippen molar-refractivity contribution in [1.82, 2.24) is 9.88 Å². The number of hydrogen-bond donors (Lipinski definition) is 1. The van der Waals surface area contributed by atoms with Crippen LogP contribution < -0.4 is 10.1 Å². The molecule has 1 aromatic heterocycles. The van der Waals surface area contributed by atoms with Gasteiger partial charge in [0.05, 0.1) is 31.7 Å². The fraction of sp³-hybridized carbons (Fsp3) is 0.286. The van der Waals surface area contributed by atoms with E-state index in [1.807, 2.05) is 5.38 Å². The second-order valence-electron chi connectivity index (χ2n) is 6.59. The summed E-state index contributed by atoms with van der Waals surface area (Å²) < 4.78 is 24.2. The lowest BCUT2D eigenvalue weighted by Gasteiger charge is -2.26. The van der Waals surface area contributed by atoms with E-state index in [0.29, 0.717) is 16.6 Å². The van der Waals surface area contributed by atoms with Gasteiger partial charge in [-0.15, -0.1) is 11.3 Å². The number of ether oxygens (including phenoxy) is 2. The van der Waals surface area contributed by atoms with Gasteiger partial charge in [0.25, 0.3) is 0 Å². The lowest BCUT2D eigenvalue weighted by Crippen LogP contribution is -2.35. The molecule has 2 heterocycles. The molecule has 2 aromatic carbocycles. The summed E-state index contributed by atoms with van der Waals surface area (Å²) >= 11 is 1.47. The smallest absolute Gasteiger partial charge is 0.187 e. The number of hydrogen-bond acceptors (Lipinski definition) is 6. The Bertz CT molecular complexity index is 924. The SMILES string of the molecule is COc1ccc(F)cc1Nc1nc(-c2ccc(CN3CCOCC3)cc2)cs1. The number of rotatable bonds is 6. The average Bonchev–Trinajstić information content (AvgIpc) is 3.18. The highest BCUT2D eigenvalue weighted by atomic mass is 32.1. The van der Waals surface area contributed by atoms with Gasteiger partial charge in [-0.3, -0.25) is 4.90 Å². The molecule has 1 fully saturated rings. The zero-order valence-corrected chi connectivity index (χ0v) is 16.5. The quantitative estimate of drug-likeness (QED) is 0.660. The van der Waals surface area contributed by atoms with E-state index in [4.69, 9.17) is 9.47 Å². The Labute approximate surface area is 167 Å². The van der Waals surface area contributed by atoms with Crippen molar-refractivity contribution >= 4 is 22.2 Å². The minimum Gasteiger partial charge on any atom is -0.495 e. The van der Waals surface area contributed by atoms with Gasteiger partial charge in [-0.1, -0.05) is 24.3 Å². The minimum atomic E-state index is -0.323. The third-order valence-electron chi connectivity index (χ3n) is 4.67. The summed E-state index contributed by atoms with van der Waals surface area (Å²) in [5, 5.41) is 5.83. The molecule has 1 aliphatic heterocycles. The summed E-state index contributed by atoms with van der Waals surface area (Å²) in [6.07, 6.45) is 0. The summed E-state index contributed by atoms with van der Waals surface area (Å²) in [6.45, 7) is 4.51. The number of halogens is 1. The van der Waals surface area contributed by atoms with Gasteiger partial charge in [0, 0.05) is 36.6 Å². The van der Waals surface area contributed by atoms with E-state index in [1.165, 1.54) is 29.0 Å². The van der Waals surface area contributed by atoms with E-state index in [1.54, 1.807) is 13.2 Å². The Kier molecular flexibility index (Phi) is 5.85. The Balaban J connectivity index is 1.44. The van der Waals surface area contributed by atoms with Crippen LogP contribution in [0.25, 0.3) is 11.3 Å². The van der Waals surface area contributed by atoms with Crippen molar-refractivity contribution in [3.05, 3.63) is 59.2 Å². The van der Waals surface area contributed by atoms with Crippen LogP contribution in [-0.2, 0) is 11.3 Å². The van der Waals surface area contributed by atoms with Gasteiger partial charge in [0.1, 0.15) is 11.6 Å². The molecule has 0 atom stereocenters. The highest BCUT2D eigenvalue weighted by molar-refractivity contribution is 7.14. The van der Waals surface area contributed by atoms with Crippen LogP contribution in [0.3, 0.4) is 0 Å². The third-order valence-corrected chi connectivity index (χ3v) is 5.42. The number of benzene rings is 2. The van der Waals surface area contributed by atoms with Crippen LogP contribution in [0.5, 0.6) is 5.75 Å². The first-order valence-electron chi connectivity index (χ1n) is 9.17. The molecule has 1 N–H and O–H groups in total. The number of morpholine rings is 1. The van der Waals surface area contributed by atoms with Crippen LogP contribution in [-0.4, -0.2) is 43.3 Å². The number of aromatic nitrogens is 1. The number of anilines is 2. The molecule has 28 heavy (non-hydrogen) atoms. The molecule has 5 nitrogen and oxygen atoms in total. The average molecular weight is 399 g/mol. The van der Waals surface area contributed by atoms with Crippen molar-refractivity contribution in [2.45, 2.75) is 6.54 Å². The first kappa shape index (κ1) is 18.9. The van der Waals surface area contributed by atoms with Crippen molar-refractivity contribution in [3.63, 3.8) is 0 Å². The molecular formula is C21H22FN3O2S. The van der Waals surface area contributed by atoms with Crippen molar-refractivity contribution in [2.75, 3.05) is 38.7 Å². The first-order valence-corrected chi connectivity index (χ1v) is 10.0. The maximum atomic E-state index is 13.5. The number of nitrogens with one attached hydrogen (secondary N) is 1. The Morgan fingerprint density at radius 1 is 1.18 bits per heavy atom. The highest BCUT2D eigenvalue weighted by Crippen LogP contribution is 2.32. The molecule has 1 aliphatic rings. The largest absolute Gasteiger partial charge is 0.495 e. The summed E-state index contributed by atoms with van der Waals surface area (Å²) in [4.78, 5) is 7.03. The van der Waals surface area contributed by atoms with E-state index < -0.39 is 0 Å². The van der Waals surface area contributed by atoms with Crippen LogP contribution in [0, 0.1) is 5.82 Å². The Morgan fingerprint density at radius 2 is 1.96 bits per heavy atom. The second kappa shape index (κ2) is 8.68. The van der Waals surface area contributed by atoms with Gasteiger partial charge in [0.15, 0.2) is 5.13 Å². The fourth-order valence-corrected chi connectivity index (χ4v) is 3.89. The molecule has 7 heteroatoms. The Morgan fingerprint density at radius 3 is 2.71 bits per heavy atom. The first-order chi connectivity index (χ1) is 13.7. The predicted octanol–water partition coefficient (Wildman–Crippen LogP) is 4.53. The summed E-state index contributed by atoms with van der Waals surface area (Å²) in [7, 11) is 1.56. The van der Waals surface area contributed by atoms with Gasteiger partial charge in [-0.2, -0.15) is 0 Å². The van der Waals surface area contributed by atoms with Crippen LogP contribution in [0.2, 0.25) is 0 Å². The summed E-state index contributed by atoms with van der Waals surface area (Å²) in [5.41, 5.74) is 3.79. The molecule has 0 bridgehead atoms. The number of methoxy groups -OCH3 is 1. The summed E-state index contributed by atoms with van der Waals surface area (Å²) in [6, 6.07) is 12.9. The van der Waals surface area contributed by atoms with Crippen molar-refractivity contribution in [2.24, 2.45) is 0 Å². The standard InChI is InChI=1S/C21H22FN3O2S/c1-26-20-7-6-17(22)12-18(20)23-21-24-19(14-28-21)16-4-2-15(3-5-16)13-25-8-10-27-11-9-25/h2-7,12,14H,8-11,13H2,1H3,(H,23,24). The Hall–Kier alpha value is -2.48. The topological polar surface area (TPSA) is 46.6 Å². The van der Waals surface area contributed by atoms with E-state index in [2.05, 4.69) is 39.5 Å². The molecule has 0 radical (unpaired) electrons. The van der Waals surface area contributed by atoms with E-state index >= 15 is 0 Å². The van der Waals surface area contributed by atoms with Crippen molar-refractivity contribution in [1.29, 1.82) is 0 Å².